The van der Waals surface area contributed by atoms with Crippen molar-refractivity contribution in [1.29, 1.82) is 0 Å². The van der Waals surface area contributed by atoms with Gasteiger partial charge in [-0.3, -0.25) is 9.89 Å². The lowest BCUT2D eigenvalue weighted by molar-refractivity contribution is 0.0706. The van der Waals surface area contributed by atoms with E-state index in [-0.39, 0.29) is 36.3 Å². The number of phenols is 1. The summed E-state index contributed by atoms with van der Waals surface area (Å²) in [6.45, 7) is 6.55. The van der Waals surface area contributed by atoms with Gasteiger partial charge in [-0.25, -0.2) is 0 Å². The molecule has 150 valence electrons. The third-order valence-electron chi connectivity index (χ3n) is 5.46. The molecule has 2 aromatic carbocycles. The number of benzene rings is 2. The third-order valence-corrected chi connectivity index (χ3v) is 5.46. The van der Waals surface area contributed by atoms with Crippen molar-refractivity contribution in [3.8, 4) is 17.0 Å². The highest BCUT2D eigenvalue weighted by Crippen LogP contribution is 2.44. The highest BCUT2D eigenvalue weighted by atomic mass is 16.3. The van der Waals surface area contributed by atoms with E-state index < -0.39 is 0 Å². The summed E-state index contributed by atoms with van der Waals surface area (Å²) < 4.78 is 0. The summed E-state index contributed by atoms with van der Waals surface area (Å²) in [6, 6.07) is 14.8. The van der Waals surface area contributed by atoms with Crippen molar-refractivity contribution in [3.63, 3.8) is 0 Å². The van der Waals surface area contributed by atoms with Crippen molar-refractivity contribution in [2.45, 2.75) is 32.2 Å². The number of hydrogen-bond acceptors (Lipinski definition) is 4. The highest BCUT2D eigenvalue weighted by molar-refractivity contribution is 6.00. The standard InChI is InChI=1S/C23H25N3O3/c1-23(2,3)15-10-8-14(9-11-15)21-18-19(16-6-4-5-7-17(16)28)24-25-20(18)22(29)26(21)12-13-27/h4-11,21,27-28H,12-13H2,1-3H3,(H,24,25)/t21-/m1/s1. The predicted molar refractivity (Wildman–Crippen MR) is 111 cm³/mol. The van der Waals surface area contributed by atoms with Crippen LogP contribution >= 0.6 is 0 Å². The van der Waals surface area contributed by atoms with Crippen molar-refractivity contribution < 1.29 is 15.0 Å². The van der Waals surface area contributed by atoms with E-state index in [4.69, 9.17) is 0 Å². The number of para-hydroxylation sites is 1. The molecular formula is C23H25N3O3. The second-order valence-electron chi connectivity index (χ2n) is 8.37. The molecule has 2 heterocycles. The van der Waals surface area contributed by atoms with Gasteiger partial charge in [0.05, 0.1) is 12.6 Å². The minimum absolute atomic E-state index is 0.0244. The molecule has 0 saturated carbocycles. The number of aliphatic hydroxyl groups is 1. The summed E-state index contributed by atoms with van der Waals surface area (Å²) in [6.07, 6.45) is 0. The van der Waals surface area contributed by atoms with E-state index in [0.717, 1.165) is 11.1 Å². The van der Waals surface area contributed by atoms with Crippen LogP contribution in [0.2, 0.25) is 0 Å². The summed E-state index contributed by atoms with van der Waals surface area (Å²) in [5.74, 6) is -0.0928. The van der Waals surface area contributed by atoms with Crippen LogP contribution in [0.5, 0.6) is 5.75 Å². The summed E-state index contributed by atoms with van der Waals surface area (Å²) in [7, 11) is 0. The van der Waals surface area contributed by atoms with Crippen LogP contribution in [-0.2, 0) is 5.41 Å². The largest absolute Gasteiger partial charge is 0.507 e. The number of nitrogens with zero attached hydrogens (tertiary/aromatic N) is 2. The average Bonchev–Trinajstić information content (AvgIpc) is 3.22. The first-order valence-electron chi connectivity index (χ1n) is 9.72. The topological polar surface area (TPSA) is 89.5 Å². The van der Waals surface area contributed by atoms with Gasteiger partial charge >= 0.3 is 0 Å². The normalized spacial score (nSPS) is 16.3. The molecule has 1 aromatic heterocycles. The number of phenolic OH excluding ortho intramolecular Hbond substituents is 1. The summed E-state index contributed by atoms with van der Waals surface area (Å²) in [4.78, 5) is 14.7. The van der Waals surface area contributed by atoms with Gasteiger partial charge in [0.25, 0.3) is 5.91 Å². The van der Waals surface area contributed by atoms with E-state index in [2.05, 4.69) is 43.1 Å². The smallest absolute Gasteiger partial charge is 0.273 e. The first-order valence-corrected chi connectivity index (χ1v) is 9.72. The first kappa shape index (κ1) is 19.2. The lowest BCUT2D eigenvalue weighted by atomic mass is 9.85. The maximum atomic E-state index is 13.0. The minimum Gasteiger partial charge on any atom is -0.507 e. The number of H-pyrrole nitrogens is 1. The number of amides is 1. The Morgan fingerprint density at radius 3 is 2.41 bits per heavy atom. The van der Waals surface area contributed by atoms with Gasteiger partial charge in [0.2, 0.25) is 0 Å². The second-order valence-corrected chi connectivity index (χ2v) is 8.37. The van der Waals surface area contributed by atoms with Gasteiger partial charge in [-0.15, -0.1) is 0 Å². The van der Waals surface area contributed by atoms with Crippen molar-refractivity contribution in [1.82, 2.24) is 15.1 Å². The molecule has 0 fully saturated rings. The SMILES string of the molecule is CC(C)(C)c1ccc([C@@H]2c3c(-c4ccccc4O)n[nH]c3C(=O)N2CCO)cc1. The second kappa shape index (κ2) is 7.04. The number of carbonyl (C=O) groups is 1. The van der Waals surface area contributed by atoms with Gasteiger partial charge in [-0.1, -0.05) is 57.2 Å². The number of aliphatic hydroxyl groups excluding tert-OH is 1. The zero-order valence-corrected chi connectivity index (χ0v) is 16.8. The van der Waals surface area contributed by atoms with E-state index >= 15 is 0 Å². The van der Waals surface area contributed by atoms with Crippen molar-refractivity contribution in [2.24, 2.45) is 0 Å². The lowest BCUT2D eigenvalue weighted by Gasteiger charge is -2.26. The number of aromatic amines is 1. The molecule has 0 spiro atoms. The summed E-state index contributed by atoms with van der Waals surface area (Å²) in [5, 5.41) is 27.1. The van der Waals surface area contributed by atoms with E-state index in [1.165, 1.54) is 5.56 Å². The Morgan fingerprint density at radius 2 is 1.79 bits per heavy atom. The van der Waals surface area contributed by atoms with Crippen molar-refractivity contribution >= 4 is 5.91 Å². The number of carbonyl (C=O) groups excluding carboxylic acids is 1. The molecular weight excluding hydrogens is 366 g/mol. The van der Waals surface area contributed by atoms with Crippen LogP contribution < -0.4 is 0 Å². The molecule has 1 atom stereocenters. The van der Waals surface area contributed by atoms with Crippen LogP contribution in [0.15, 0.2) is 48.5 Å². The van der Waals surface area contributed by atoms with Crippen LogP contribution in [0.4, 0.5) is 0 Å². The van der Waals surface area contributed by atoms with E-state index in [0.29, 0.717) is 17.0 Å². The average molecular weight is 391 g/mol. The molecule has 0 bridgehead atoms. The monoisotopic (exact) mass is 391 g/mol. The van der Waals surface area contributed by atoms with E-state index in [1.807, 2.05) is 18.2 Å². The predicted octanol–water partition coefficient (Wildman–Crippen LogP) is 3.62. The van der Waals surface area contributed by atoms with Gasteiger partial charge in [0.15, 0.2) is 0 Å². The minimum atomic E-state index is -0.382. The fourth-order valence-electron chi connectivity index (χ4n) is 3.93. The van der Waals surface area contributed by atoms with Gasteiger partial charge < -0.3 is 15.1 Å². The molecule has 6 heteroatoms. The van der Waals surface area contributed by atoms with Crippen LogP contribution in [0.3, 0.4) is 0 Å². The van der Waals surface area contributed by atoms with Crippen LogP contribution in [-0.4, -0.2) is 44.4 Å². The van der Waals surface area contributed by atoms with Crippen LogP contribution in [0.25, 0.3) is 11.3 Å². The highest BCUT2D eigenvalue weighted by Gasteiger charge is 2.42. The van der Waals surface area contributed by atoms with E-state index in [1.54, 1.807) is 23.1 Å². The molecule has 6 nitrogen and oxygen atoms in total. The van der Waals surface area contributed by atoms with Crippen molar-refractivity contribution in [3.05, 3.63) is 70.9 Å². The Kier molecular flexibility index (Phi) is 4.67. The number of nitrogens with one attached hydrogen (secondary N) is 1. The Morgan fingerprint density at radius 1 is 1.10 bits per heavy atom. The molecule has 1 aliphatic rings. The Hall–Kier alpha value is -3.12. The molecule has 1 aliphatic heterocycles. The zero-order valence-electron chi connectivity index (χ0n) is 16.8. The fraction of sp³-hybridized carbons (Fsp3) is 0.304. The Bertz CT molecular complexity index is 1050. The fourth-order valence-corrected chi connectivity index (χ4v) is 3.93. The van der Waals surface area contributed by atoms with Gasteiger partial charge in [0.1, 0.15) is 17.1 Å². The Labute approximate surface area is 169 Å². The quantitative estimate of drug-likeness (QED) is 0.634. The molecule has 0 radical (unpaired) electrons. The summed E-state index contributed by atoms with van der Waals surface area (Å²) in [5.41, 5.74) is 4.42. The lowest BCUT2D eigenvalue weighted by Crippen LogP contribution is -2.32. The van der Waals surface area contributed by atoms with Crippen molar-refractivity contribution in [2.75, 3.05) is 13.2 Å². The van der Waals surface area contributed by atoms with Gasteiger partial charge in [-0.2, -0.15) is 5.10 Å². The molecule has 4 rings (SSSR count). The van der Waals surface area contributed by atoms with Crippen LogP contribution in [0.1, 0.15) is 54.0 Å². The Balaban J connectivity index is 1.86. The number of β-amino-alcohol motifs (C(OH)–C–C–N with tert-alkyl or cyclic N) is 1. The third kappa shape index (κ3) is 3.19. The molecule has 3 aromatic rings. The maximum Gasteiger partial charge on any atom is 0.273 e. The number of rotatable bonds is 4. The van der Waals surface area contributed by atoms with E-state index in [9.17, 15) is 15.0 Å². The number of aromatic hydroxyl groups is 1. The van der Waals surface area contributed by atoms with Gasteiger partial charge in [0, 0.05) is 17.7 Å². The number of hydrogen-bond donors (Lipinski definition) is 3. The van der Waals surface area contributed by atoms with Crippen LogP contribution in [0, 0.1) is 0 Å². The van der Waals surface area contributed by atoms with Gasteiger partial charge in [-0.05, 0) is 28.7 Å². The molecule has 1 amide bonds. The molecule has 0 unspecified atom stereocenters. The molecule has 3 N–H and O–H groups in total. The maximum absolute atomic E-state index is 13.0. The molecule has 0 aliphatic carbocycles. The first-order chi connectivity index (χ1) is 13.8. The number of aromatic nitrogens is 2. The zero-order chi connectivity index (χ0) is 20.8. The molecule has 29 heavy (non-hydrogen) atoms. The summed E-state index contributed by atoms with van der Waals surface area (Å²) >= 11 is 0. The number of fused-ring (bicyclic) bond motifs is 1. The molecule has 0 saturated heterocycles.